The molecule has 0 radical (unpaired) electrons. The lowest BCUT2D eigenvalue weighted by molar-refractivity contribution is 0.172. The van der Waals surface area contributed by atoms with Gasteiger partial charge >= 0.3 is 6.03 Å². The largest absolute Gasteiger partial charge is 0.387 e. The van der Waals surface area contributed by atoms with E-state index in [-0.39, 0.29) is 24.4 Å². The van der Waals surface area contributed by atoms with E-state index in [0.29, 0.717) is 12.1 Å². The fourth-order valence-electron chi connectivity index (χ4n) is 2.45. The zero-order chi connectivity index (χ0) is 18.4. The molecule has 136 valence electrons. The van der Waals surface area contributed by atoms with Crippen LogP contribution in [0.3, 0.4) is 0 Å². The van der Waals surface area contributed by atoms with E-state index < -0.39 is 6.10 Å². The molecule has 0 saturated heterocycles. The Kier molecular flexibility index (Phi) is 6.49. The first-order valence-electron chi connectivity index (χ1n) is 7.97. The van der Waals surface area contributed by atoms with Gasteiger partial charge in [-0.15, -0.1) is 0 Å². The highest BCUT2D eigenvalue weighted by molar-refractivity contribution is 5.73. The van der Waals surface area contributed by atoms with Crippen molar-refractivity contribution in [3.63, 3.8) is 0 Å². The molecule has 0 spiro atoms. The average Bonchev–Trinajstić information content (AvgIpc) is 2.99. The molecule has 2 rings (SSSR count). The van der Waals surface area contributed by atoms with Crippen molar-refractivity contribution >= 4 is 6.03 Å². The number of benzene rings is 1. The van der Waals surface area contributed by atoms with E-state index in [0.717, 1.165) is 5.56 Å². The van der Waals surface area contributed by atoms with Gasteiger partial charge in [-0.05, 0) is 31.8 Å². The first-order chi connectivity index (χ1) is 11.9. The van der Waals surface area contributed by atoms with Gasteiger partial charge in [0.2, 0.25) is 0 Å². The van der Waals surface area contributed by atoms with Crippen molar-refractivity contribution in [2.45, 2.75) is 12.1 Å². The number of aliphatic hydroxyl groups is 1. The van der Waals surface area contributed by atoms with Gasteiger partial charge in [-0.1, -0.05) is 12.1 Å². The van der Waals surface area contributed by atoms with Crippen molar-refractivity contribution < 1.29 is 14.3 Å². The number of carbonyl (C=O) groups excluding carboxylic acids is 1. The lowest BCUT2D eigenvalue weighted by Crippen LogP contribution is -2.41. The number of nitrogens with zero attached hydrogens (tertiary/aromatic N) is 3. The lowest BCUT2D eigenvalue weighted by Gasteiger charge is -2.23. The van der Waals surface area contributed by atoms with Crippen LogP contribution in [0, 0.1) is 5.82 Å². The molecule has 0 fully saturated rings. The van der Waals surface area contributed by atoms with Gasteiger partial charge in [-0.3, -0.25) is 4.68 Å². The Balaban J connectivity index is 1.82. The Morgan fingerprint density at radius 3 is 2.44 bits per heavy atom. The summed E-state index contributed by atoms with van der Waals surface area (Å²) in [7, 11) is 5.69. The maximum Gasteiger partial charge on any atom is 0.314 e. The van der Waals surface area contributed by atoms with Crippen LogP contribution < -0.4 is 10.6 Å². The second-order valence-electron chi connectivity index (χ2n) is 6.09. The number of halogens is 1. The Labute approximate surface area is 146 Å². The second-order valence-corrected chi connectivity index (χ2v) is 6.09. The number of likely N-dealkylation sites (N-methyl/N-ethyl adjacent to an activating group) is 1. The van der Waals surface area contributed by atoms with E-state index in [4.69, 9.17) is 0 Å². The Morgan fingerprint density at radius 2 is 1.88 bits per heavy atom. The summed E-state index contributed by atoms with van der Waals surface area (Å²) >= 11 is 0. The number of nitrogens with one attached hydrogen (secondary N) is 2. The summed E-state index contributed by atoms with van der Waals surface area (Å²) in [6.07, 6.45) is 2.78. The number of rotatable bonds is 7. The van der Waals surface area contributed by atoms with Gasteiger partial charge in [0.15, 0.2) is 0 Å². The summed E-state index contributed by atoms with van der Waals surface area (Å²) < 4.78 is 14.6. The summed E-state index contributed by atoms with van der Waals surface area (Å²) in [6, 6.07) is 5.13. The summed E-state index contributed by atoms with van der Waals surface area (Å²) in [4.78, 5) is 14.0. The summed E-state index contributed by atoms with van der Waals surface area (Å²) in [6.45, 7) is 0.439. The molecule has 1 aromatic carbocycles. The number of aromatic nitrogens is 2. The van der Waals surface area contributed by atoms with Gasteiger partial charge < -0.3 is 20.6 Å². The molecular formula is C17H24FN5O2. The summed E-state index contributed by atoms with van der Waals surface area (Å²) in [5, 5.41) is 19.6. The number of urea groups is 1. The van der Waals surface area contributed by atoms with Crippen LogP contribution in [-0.4, -0.2) is 53.0 Å². The van der Waals surface area contributed by atoms with Gasteiger partial charge in [0.1, 0.15) is 5.82 Å². The van der Waals surface area contributed by atoms with Crippen LogP contribution >= 0.6 is 0 Å². The maximum absolute atomic E-state index is 12.9. The van der Waals surface area contributed by atoms with Gasteiger partial charge in [0.25, 0.3) is 0 Å². The molecular weight excluding hydrogens is 325 g/mol. The number of carbonyl (C=O) groups is 1. The second kappa shape index (κ2) is 8.59. The van der Waals surface area contributed by atoms with Crippen LogP contribution in [0.5, 0.6) is 0 Å². The van der Waals surface area contributed by atoms with E-state index in [1.165, 1.54) is 24.3 Å². The quantitative estimate of drug-likeness (QED) is 0.701. The number of hydrogen-bond donors (Lipinski definition) is 3. The minimum Gasteiger partial charge on any atom is -0.387 e. The Hall–Kier alpha value is -2.45. The van der Waals surface area contributed by atoms with Crippen LogP contribution in [0.2, 0.25) is 0 Å². The Bertz CT molecular complexity index is 687. The van der Waals surface area contributed by atoms with Crippen molar-refractivity contribution in [1.29, 1.82) is 0 Å². The Morgan fingerprint density at radius 1 is 1.24 bits per heavy atom. The zero-order valence-electron chi connectivity index (χ0n) is 14.6. The van der Waals surface area contributed by atoms with E-state index >= 15 is 0 Å². The monoisotopic (exact) mass is 349 g/mol. The standard InChI is InChI=1S/C17H24FN5O2/c1-22(2)15(13-8-21-23(3)11-13)9-19-17(25)20-10-16(24)12-4-6-14(18)7-5-12/h4-8,11,15-16,24H,9-10H2,1-3H3,(H2,19,20,25). The van der Waals surface area contributed by atoms with E-state index in [1.807, 2.05) is 32.2 Å². The highest BCUT2D eigenvalue weighted by Gasteiger charge is 2.17. The van der Waals surface area contributed by atoms with Gasteiger partial charge in [0.05, 0.1) is 18.3 Å². The molecule has 0 bridgehead atoms. The van der Waals surface area contributed by atoms with E-state index in [1.54, 1.807) is 10.9 Å². The summed E-state index contributed by atoms with van der Waals surface area (Å²) in [5.74, 6) is -0.369. The van der Waals surface area contributed by atoms with Crippen molar-refractivity contribution in [1.82, 2.24) is 25.3 Å². The smallest absolute Gasteiger partial charge is 0.314 e. The molecule has 3 N–H and O–H groups in total. The van der Waals surface area contributed by atoms with Crippen LogP contribution in [0.1, 0.15) is 23.3 Å². The number of hydrogen-bond acceptors (Lipinski definition) is 4. The van der Waals surface area contributed by atoms with Crippen LogP contribution in [-0.2, 0) is 7.05 Å². The fourth-order valence-corrected chi connectivity index (χ4v) is 2.45. The molecule has 2 atom stereocenters. The van der Waals surface area contributed by atoms with Crippen molar-refractivity contribution in [2.24, 2.45) is 7.05 Å². The van der Waals surface area contributed by atoms with E-state index in [9.17, 15) is 14.3 Å². The highest BCUT2D eigenvalue weighted by Crippen LogP contribution is 2.16. The maximum atomic E-state index is 12.9. The minimum atomic E-state index is -0.894. The molecule has 0 aliphatic rings. The van der Waals surface area contributed by atoms with Crippen LogP contribution in [0.25, 0.3) is 0 Å². The third kappa shape index (κ3) is 5.54. The molecule has 7 nitrogen and oxygen atoms in total. The SMILES string of the molecule is CN(C)C(CNC(=O)NCC(O)c1ccc(F)cc1)c1cnn(C)c1. The topological polar surface area (TPSA) is 82.4 Å². The molecule has 0 saturated carbocycles. The molecule has 0 aliphatic heterocycles. The first kappa shape index (κ1) is 18.9. The van der Waals surface area contributed by atoms with Crippen LogP contribution in [0.15, 0.2) is 36.7 Å². The molecule has 2 unspecified atom stereocenters. The molecule has 2 aromatic rings. The zero-order valence-corrected chi connectivity index (χ0v) is 14.6. The van der Waals surface area contributed by atoms with E-state index in [2.05, 4.69) is 15.7 Å². The third-order valence-corrected chi connectivity index (χ3v) is 3.90. The van der Waals surface area contributed by atoms with Gasteiger partial charge in [-0.25, -0.2) is 9.18 Å². The molecule has 8 heteroatoms. The summed E-state index contributed by atoms with van der Waals surface area (Å²) in [5.41, 5.74) is 1.54. The minimum absolute atomic E-state index is 0.0125. The molecule has 2 amide bonds. The molecule has 25 heavy (non-hydrogen) atoms. The van der Waals surface area contributed by atoms with Gasteiger partial charge in [-0.2, -0.15) is 5.10 Å². The van der Waals surface area contributed by atoms with Crippen LogP contribution in [0.4, 0.5) is 9.18 Å². The number of aryl methyl sites for hydroxylation is 1. The highest BCUT2D eigenvalue weighted by atomic mass is 19.1. The molecule has 1 heterocycles. The van der Waals surface area contributed by atoms with Crippen molar-refractivity contribution in [3.8, 4) is 0 Å². The number of aliphatic hydroxyl groups excluding tert-OH is 1. The predicted molar refractivity (Wildman–Crippen MR) is 92.4 cm³/mol. The lowest BCUT2D eigenvalue weighted by atomic mass is 10.1. The number of amides is 2. The first-order valence-corrected chi connectivity index (χ1v) is 7.97. The van der Waals surface area contributed by atoms with Crippen molar-refractivity contribution in [2.75, 3.05) is 27.2 Å². The normalized spacial score (nSPS) is 13.5. The van der Waals surface area contributed by atoms with Crippen molar-refractivity contribution in [3.05, 3.63) is 53.6 Å². The fraction of sp³-hybridized carbons (Fsp3) is 0.412. The average molecular weight is 349 g/mol. The van der Waals surface area contributed by atoms with Gasteiger partial charge in [0, 0.05) is 31.9 Å². The molecule has 1 aromatic heterocycles. The third-order valence-electron chi connectivity index (χ3n) is 3.90. The predicted octanol–water partition coefficient (Wildman–Crippen LogP) is 1.19. The molecule has 0 aliphatic carbocycles.